The van der Waals surface area contributed by atoms with Crippen molar-refractivity contribution in [1.82, 2.24) is 4.31 Å². The van der Waals surface area contributed by atoms with E-state index in [2.05, 4.69) is 6.58 Å². The monoisotopic (exact) mass is 425 g/mol. The number of carboxylic acid groups (broad SMARTS) is 1. The Hall–Kier alpha value is -2.78. The minimum Gasteiger partial charge on any atom is -0.491 e. The first-order valence-electron chi connectivity index (χ1n) is 8.66. The van der Waals surface area contributed by atoms with E-state index in [-0.39, 0.29) is 23.8 Å². The molecule has 0 heterocycles. The molecule has 0 aliphatic heterocycles. The number of halogens is 2. The molecule has 0 aromatic heterocycles. The maximum absolute atomic E-state index is 13.4. The third-order valence-electron chi connectivity index (χ3n) is 4.00. The quantitative estimate of drug-likeness (QED) is 0.595. The van der Waals surface area contributed by atoms with Crippen molar-refractivity contribution in [2.75, 3.05) is 13.3 Å². The zero-order valence-corrected chi connectivity index (χ0v) is 16.3. The van der Waals surface area contributed by atoms with Gasteiger partial charge in [-0.2, -0.15) is 4.31 Å². The molecule has 0 amide bonds. The molecule has 1 N–H and O–H groups in total. The molecule has 0 bridgehead atoms. The van der Waals surface area contributed by atoms with Gasteiger partial charge in [0.1, 0.15) is 25.1 Å². The van der Waals surface area contributed by atoms with E-state index in [9.17, 15) is 27.1 Å². The second kappa shape index (κ2) is 10.1. The largest absolute Gasteiger partial charge is 0.491 e. The van der Waals surface area contributed by atoms with Gasteiger partial charge in [-0.25, -0.2) is 17.2 Å². The highest BCUT2D eigenvalue weighted by atomic mass is 32.2. The van der Waals surface area contributed by atoms with E-state index in [1.807, 2.05) is 0 Å². The predicted octanol–water partition coefficient (Wildman–Crippen LogP) is 3.55. The number of rotatable bonds is 11. The number of nitrogens with zero attached hydrogens (tertiary/aromatic N) is 1. The summed E-state index contributed by atoms with van der Waals surface area (Å²) >= 11 is 0. The van der Waals surface area contributed by atoms with Crippen molar-refractivity contribution in [3.8, 4) is 5.75 Å². The van der Waals surface area contributed by atoms with Crippen molar-refractivity contribution < 1.29 is 31.8 Å². The Morgan fingerprint density at radius 3 is 2.28 bits per heavy atom. The van der Waals surface area contributed by atoms with Crippen LogP contribution in [0.4, 0.5) is 8.78 Å². The molecule has 1 unspecified atom stereocenters. The van der Waals surface area contributed by atoms with Crippen LogP contribution in [0.2, 0.25) is 0 Å². The summed E-state index contributed by atoms with van der Waals surface area (Å²) in [5, 5.41) is 9.55. The lowest BCUT2D eigenvalue weighted by Gasteiger charge is -2.28. The zero-order valence-electron chi connectivity index (χ0n) is 15.5. The number of aliphatic carboxylic acids is 1. The molecule has 0 aliphatic rings. The molecule has 0 saturated heterocycles. The number of carboxylic acids is 1. The van der Waals surface area contributed by atoms with Gasteiger partial charge >= 0.3 is 5.97 Å². The fourth-order valence-electron chi connectivity index (χ4n) is 2.65. The highest BCUT2D eigenvalue weighted by Gasteiger charge is 2.36. The average molecular weight is 425 g/mol. The molecular formula is C20H21F2NO5S. The molecule has 2 aromatic carbocycles. The van der Waals surface area contributed by atoms with Crippen molar-refractivity contribution >= 4 is 16.0 Å². The second-order valence-corrected chi connectivity index (χ2v) is 8.01. The molecule has 9 heteroatoms. The Morgan fingerprint density at radius 2 is 1.76 bits per heavy atom. The molecular weight excluding hydrogens is 404 g/mol. The SMILES string of the molecule is C=C(F)CC(C(=O)O)N(Cc1ccccc1)S(=O)(=O)c1ccc(OCCF)cc1. The number of sulfonamides is 1. The van der Waals surface area contributed by atoms with Crippen LogP contribution in [0.25, 0.3) is 0 Å². The molecule has 2 rings (SSSR count). The molecule has 1 atom stereocenters. The van der Waals surface area contributed by atoms with Gasteiger partial charge in [-0.1, -0.05) is 36.9 Å². The fourth-order valence-corrected chi connectivity index (χ4v) is 4.22. The van der Waals surface area contributed by atoms with Crippen LogP contribution in [0.3, 0.4) is 0 Å². The van der Waals surface area contributed by atoms with Crippen molar-refractivity contribution in [3.63, 3.8) is 0 Å². The number of hydrogen-bond donors (Lipinski definition) is 1. The summed E-state index contributed by atoms with van der Waals surface area (Å²) in [4.78, 5) is 11.6. The first-order chi connectivity index (χ1) is 13.8. The Labute approximate surface area is 168 Å². The molecule has 0 aliphatic carbocycles. The van der Waals surface area contributed by atoms with Crippen molar-refractivity contribution in [2.24, 2.45) is 0 Å². The van der Waals surface area contributed by atoms with Gasteiger partial charge in [-0.15, -0.1) is 0 Å². The molecule has 29 heavy (non-hydrogen) atoms. The van der Waals surface area contributed by atoms with Crippen molar-refractivity contribution in [3.05, 3.63) is 72.6 Å². The number of alkyl halides is 1. The van der Waals surface area contributed by atoms with Crippen LogP contribution >= 0.6 is 0 Å². The summed E-state index contributed by atoms with van der Waals surface area (Å²) in [5.74, 6) is -2.17. The molecule has 0 spiro atoms. The second-order valence-electron chi connectivity index (χ2n) is 6.12. The summed E-state index contributed by atoms with van der Waals surface area (Å²) in [6.07, 6.45) is -0.681. The highest BCUT2D eigenvalue weighted by Crippen LogP contribution is 2.26. The average Bonchev–Trinajstić information content (AvgIpc) is 2.69. The third-order valence-corrected chi connectivity index (χ3v) is 5.87. The maximum Gasteiger partial charge on any atom is 0.322 e. The summed E-state index contributed by atoms with van der Waals surface area (Å²) in [6, 6.07) is 11.8. The van der Waals surface area contributed by atoms with E-state index in [4.69, 9.17) is 4.74 Å². The standard InChI is InChI=1S/C20H21F2NO5S/c1-15(22)13-19(20(24)25)23(14-16-5-3-2-4-6-16)29(26,27)18-9-7-17(8-10-18)28-12-11-21/h2-10,19H,1,11-14H2,(H,24,25). The topological polar surface area (TPSA) is 83.9 Å². The van der Waals surface area contributed by atoms with Gasteiger partial charge in [0.25, 0.3) is 0 Å². The van der Waals surface area contributed by atoms with Crippen molar-refractivity contribution in [2.45, 2.75) is 23.9 Å². The maximum atomic E-state index is 13.4. The van der Waals surface area contributed by atoms with Crippen LogP contribution in [-0.2, 0) is 21.4 Å². The van der Waals surface area contributed by atoms with Crippen LogP contribution in [0.15, 0.2) is 71.9 Å². The van der Waals surface area contributed by atoms with E-state index in [1.54, 1.807) is 30.3 Å². The van der Waals surface area contributed by atoms with Gasteiger partial charge in [0.15, 0.2) is 0 Å². The Kier molecular flexibility index (Phi) is 7.86. The van der Waals surface area contributed by atoms with Crippen molar-refractivity contribution in [1.29, 1.82) is 0 Å². The number of ether oxygens (including phenoxy) is 1. The smallest absolute Gasteiger partial charge is 0.322 e. The predicted molar refractivity (Wildman–Crippen MR) is 103 cm³/mol. The minimum atomic E-state index is -4.31. The van der Waals surface area contributed by atoms with E-state index in [0.29, 0.717) is 5.56 Å². The van der Waals surface area contributed by atoms with E-state index in [1.165, 1.54) is 24.3 Å². The number of carbonyl (C=O) groups is 1. The molecule has 6 nitrogen and oxygen atoms in total. The van der Waals surface area contributed by atoms with E-state index in [0.717, 1.165) is 4.31 Å². The van der Waals surface area contributed by atoms with Gasteiger partial charge in [0.2, 0.25) is 10.0 Å². The lowest BCUT2D eigenvalue weighted by atomic mass is 10.1. The number of hydrogen-bond acceptors (Lipinski definition) is 4. The molecule has 0 saturated carbocycles. The molecule has 0 radical (unpaired) electrons. The highest BCUT2D eigenvalue weighted by molar-refractivity contribution is 7.89. The Bertz CT molecular complexity index is 933. The molecule has 0 fully saturated rings. The third kappa shape index (κ3) is 6.10. The lowest BCUT2D eigenvalue weighted by Crippen LogP contribution is -2.44. The van der Waals surface area contributed by atoms with Gasteiger partial charge in [-0.05, 0) is 29.8 Å². The van der Waals surface area contributed by atoms with Gasteiger partial charge < -0.3 is 9.84 Å². The minimum absolute atomic E-state index is 0.175. The van der Waals surface area contributed by atoms with Gasteiger partial charge in [0.05, 0.1) is 10.7 Å². The first kappa shape index (κ1) is 22.5. The Balaban J connectivity index is 2.44. The molecule has 2 aromatic rings. The van der Waals surface area contributed by atoms with Gasteiger partial charge in [0, 0.05) is 13.0 Å². The van der Waals surface area contributed by atoms with E-state index < -0.39 is 41.0 Å². The lowest BCUT2D eigenvalue weighted by molar-refractivity contribution is -0.141. The van der Waals surface area contributed by atoms with Crippen LogP contribution < -0.4 is 4.74 Å². The first-order valence-corrected chi connectivity index (χ1v) is 10.1. The van der Waals surface area contributed by atoms with Crippen LogP contribution in [0.1, 0.15) is 12.0 Å². The summed E-state index contributed by atoms with van der Waals surface area (Å²) in [6.45, 7) is 1.92. The summed E-state index contributed by atoms with van der Waals surface area (Å²) < 4.78 is 57.9. The summed E-state index contributed by atoms with van der Waals surface area (Å²) in [7, 11) is -4.31. The normalized spacial score (nSPS) is 12.5. The summed E-state index contributed by atoms with van der Waals surface area (Å²) in [5.41, 5.74) is 0.537. The van der Waals surface area contributed by atoms with Gasteiger partial charge in [-0.3, -0.25) is 4.79 Å². The van der Waals surface area contributed by atoms with Crippen LogP contribution in [0, 0.1) is 0 Å². The zero-order chi connectivity index (χ0) is 21.4. The van der Waals surface area contributed by atoms with Crippen LogP contribution in [0.5, 0.6) is 5.75 Å². The molecule has 156 valence electrons. The fraction of sp³-hybridized carbons (Fsp3) is 0.250. The number of benzene rings is 2. The Morgan fingerprint density at radius 1 is 1.14 bits per heavy atom. The van der Waals surface area contributed by atoms with E-state index >= 15 is 0 Å². The van der Waals surface area contributed by atoms with Crippen LogP contribution in [-0.4, -0.2) is 43.1 Å².